The number of carbonyl (C=O) groups excluding carboxylic acids is 2. The van der Waals surface area contributed by atoms with E-state index in [1.807, 2.05) is 45.0 Å². The Morgan fingerprint density at radius 2 is 1.61 bits per heavy atom. The highest BCUT2D eigenvalue weighted by molar-refractivity contribution is 7.92. The van der Waals surface area contributed by atoms with Gasteiger partial charge in [-0.05, 0) is 75.6 Å². The van der Waals surface area contributed by atoms with E-state index in [1.54, 1.807) is 38.1 Å². The fourth-order valence-electron chi connectivity index (χ4n) is 3.98. The van der Waals surface area contributed by atoms with Gasteiger partial charge >= 0.3 is 0 Å². The van der Waals surface area contributed by atoms with Gasteiger partial charge in [0.1, 0.15) is 12.6 Å². The number of amides is 2. The lowest BCUT2D eigenvalue weighted by Gasteiger charge is -2.32. The van der Waals surface area contributed by atoms with Crippen LogP contribution in [-0.4, -0.2) is 44.3 Å². The summed E-state index contributed by atoms with van der Waals surface area (Å²) in [5.74, 6) is -0.833. The highest BCUT2D eigenvalue weighted by Crippen LogP contribution is 2.29. The van der Waals surface area contributed by atoms with E-state index in [2.05, 4.69) is 5.32 Å². The second kappa shape index (κ2) is 12.5. The molecule has 9 heteroatoms. The van der Waals surface area contributed by atoms with Crippen LogP contribution in [0.25, 0.3) is 0 Å². The van der Waals surface area contributed by atoms with Crippen molar-refractivity contribution in [2.75, 3.05) is 17.4 Å². The van der Waals surface area contributed by atoms with Gasteiger partial charge in [0, 0.05) is 18.1 Å². The van der Waals surface area contributed by atoms with Crippen molar-refractivity contribution in [3.05, 3.63) is 94.0 Å². The number of hydrogen-bond donors (Lipinski definition) is 1. The Kier molecular flexibility index (Phi) is 9.57. The lowest BCUT2D eigenvalue weighted by Crippen LogP contribution is -2.51. The molecule has 0 aliphatic heterocycles. The average Bonchev–Trinajstić information content (AvgIpc) is 2.88. The van der Waals surface area contributed by atoms with Gasteiger partial charge in [-0.1, -0.05) is 59.6 Å². The Bertz CT molecular complexity index is 1410. The molecular weight excluding hydrogens is 522 g/mol. The van der Waals surface area contributed by atoms with Crippen LogP contribution in [0.4, 0.5) is 5.69 Å². The second-order valence-electron chi connectivity index (χ2n) is 9.28. The molecule has 0 saturated heterocycles. The zero-order valence-corrected chi connectivity index (χ0v) is 23.9. The van der Waals surface area contributed by atoms with Crippen LogP contribution < -0.4 is 9.62 Å². The molecule has 0 radical (unpaired) electrons. The third kappa shape index (κ3) is 6.74. The Morgan fingerprint density at radius 1 is 0.947 bits per heavy atom. The molecule has 3 aromatic rings. The first-order valence-corrected chi connectivity index (χ1v) is 14.2. The molecule has 38 heavy (non-hydrogen) atoms. The van der Waals surface area contributed by atoms with Crippen LogP contribution >= 0.6 is 11.6 Å². The van der Waals surface area contributed by atoms with Crippen molar-refractivity contribution in [3.8, 4) is 0 Å². The summed E-state index contributed by atoms with van der Waals surface area (Å²) in [5.41, 5.74) is 3.77. The van der Waals surface area contributed by atoms with E-state index in [9.17, 15) is 18.0 Å². The number of halogens is 1. The van der Waals surface area contributed by atoms with Gasteiger partial charge in [0.25, 0.3) is 10.0 Å². The van der Waals surface area contributed by atoms with Crippen LogP contribution in [-0.2, 0) is 26.2 Å². The molecule has 3 rings (SSSR count). The number of rotatable bonds is 10. The Hall–Kier alpha value is -3.36. The van der Waals surface area contributed by atoms with Crippen molar-refractivity contribution in [1.82, 2.24) is 10.2 Å². The monoisotopic (exact) mass is 555 g/mol. The zero-order valence-electron chi connectivity index (χ0n) is 22.4. The Morgan fingerprint density at radius 3 is 2.21 bits per heavy atom. The van der Waals surface area contributed by atoms with Crippen LogP contribution in [0.2, 0.25) is 5.02 Å². The van der Waals surface area contributed by atoms with E-state index in [-0.39, 0.29) is 23.0 Å². The van der Waals surface area contributed by atoms with Gasteiger partial charge in [-0.2, -0.15) is 0 Å². The molecule has 0 fully saturated rings. The number of benzene rings is 3. The normalized spacial score (nSPS) is 12.1. The standard InChI is InChI=1S/C29H34ClN3O4S/c1-6-31-29(35)23(5)32(18-24-10-8-7-9-21(24)3)28(34)19-33(25-14-13-22(4)27(30)17-25)38(36,37)26-15-11-20(2)12-16-26/h7-17,23H,6,18-19H2,1-5H3,(H,31,35)/t23-/m0/s1. The van der Waals surface area contributed by atoms with Gasteiger partial charge in [-0.3, -0.25) is 13.9 Å². The topological polar surface area (TPSA) is 86.8 Å². The highest BCUT2D eigenvalue weighted by atomic mass is 35.5. The van der Waals surface area contributed by atoms with Gasteiger partial charge in [0.2, 0.25) is 11.8 Å². The number of carbonyl (C=O) groups is 2. The van der Waals surface area contributed by atoms with E-state index in [4.69, 9.17) is 11.6 Å². The van der Waals surface area contributed by atoms with Gasteiger partial charge < -0.3 is 10.2 Å². The number of aryl methyl sites for hydroxylation is 3. The number of sulfonamides is 1. The maximum Gasteiger partial charge on any atom is 0.264 e. The van der Waals surface area contributed by atoms with Crippen LogP contribution in [0.1, 0.15) is 36.1 Å². The Labute approximate surface area is 230 Å². The van der Waals surface area contributed by atoms with Crippen molar-refractivity contribution in [3.63, 3.8) is 0 Å². The molecule has 0 aliphatic carbocycles. The van der Waals surface area contributed by atoms with E-state index >= 15 is 0 Å². The zero-order chi connectivity index (χ0) is 28.0. The predicted octanol–water partition coefficient (Wildman–Crippen LogP) is 5.01. The average molecular weight is 556 g/mol. The third-order valence-electron chi connectivity index (χ3n) is 6.45. The van der Waals surface area contributed by atoms with Crippen LogP contribution in [0.3, 0.4) is 0 Å². The third-order valence-corrected chi connectivity index (χ3v) is 8.65. The van der Waals surface area contributed by atoms with Crippen LogP contribution in [0, 0.1) is 20.8 Å². The number of likely N-dealkylation sites (N-methyl/N-ethyl adjacent to an activating group) is 1. The molecule has 3 aromatic carbocycles. The molecule has 1 N–H and O–H groups in total. The first-order chi connectivity index (χ1) is 17.9. The maximum atomic E-state index is 13.9. The lowest BCUT2D eigenvalue weighted by atomic mass is 10.1. The van der Waals surface area contributed by atoms with Gasteiger partial charge in [-0.25, -0.2) is 8.42 Å². The molecule has 2 amide bonds. The smallest absolute Gasteiger partial charge is 0.264 e. The minimum atomic E-state index is -4.14. The molecule has 0 saturated carbocycles. The van der Waals surface area contributed by atoms with Crippen molar-refractivity contribution in [1.29, 1.82) is 0 Å². The van der Waals surface area contributed by atoms with E-state index in [0.29, 0.717) is 11.6 Å². The fourth-order valence-corrected chi connectivity index (χ4v) is 5.56. The minimum absolute atomic E-state index is 0.0508. The van der Waals surface area contributed by atoms with Crippen LogP contribution in [0.15, 0.2) is 71.6 Å². The van der Waals surface area contributed by atoms with Crippen molar-refractivity contribution in [2.24, 2.45) is 0 Å². The van der Waals surface area contributed by atoms with Crippen molar-refractivity contribution < 1.29 is 18.0 Å². The fraction of sp³-hybridized carbons (Fsp3) is 0.310. The molecule has 0 aromatic heterocycles. The highest BCUT2D eigenvalue weighted by Gasteiger charge is 2.32. The summed E-state index contributed by atoms with van der Waals surface area (Å²) >= 11 is 6.36. The summed E-state index contributed by atoms with van der Waals surface area (Å²) in [6.45, 7) is 9.10. The van der Waals surface area contributed by atoms with Gasteiger partial charge in [0.15, 0.2) is 0 Å². The number of anilines is 1. The maximum absolute atomic E-state index is 13.9. The number of nitrogens with one attached hydrogen (secondary N) is 1. The first-order valence-electron chi connectivity index (χ1n) is 12.4. The Balaban J connectivity index is 2.07. The summed E-state index contributed by atoms with van der Waals surface area (Å²) < 4.78 is 28.8. The first kappa shape index (κ1) is 29.2. The summed E-state index contributed by atoms with van der Waals surface area (Å²) in [5, 5.41) is 3.14. The predicted molar refractivity (Wildman–Crippen MR) is 152 cm³/mol. The van der Waals surface area contributed by atoms with E-state index < -0.39 is 28.5 Å². The number of hydrogen-bond acceptors (Lipinski definition) is 4. The SMILES string of the molecule is CCNC(=O)[C@H](C)N(Cc1ccccc1C)C(=O)CN(c1ccc(C)c(Cl)c1)S(=O)(=O)c1ccc(C)cc1. The molecule has 0 heterocycles. The summed E-state index contributed by atoms with van der Waals surface area (Å²) in [6.07, 6.45) is 0. The minimum Gasteiger partial charge on any atom is -0.355 e. The van der Waals surface area contributed by atoms with E-state index in [0.717, 1.165) is 26.6 Å². The van der Waals surface area contributed by atoms with Crippen LogP contribution in [0.5, 0.6) is 0 Å². The van der Waals surface area contributed by atoms with E-state index in [1.165, 1.54) is 23.1 Å². The lowest BCUT2D eigenvalue weighted by molar-refractivity contribution is -0.139. The molecule has 0 bridgehead atoms. The largest absolute Gasteiger partial charge is 0.355 e. The van der Waals surface area contributed by atoms with Crippen molar-refractivity contribution in [2.45, 2.75) is 52.1 Å². The molecule has 0 unspecified atom stereocenters. The van der Waals surface area contributed by atoms with Gasteiger partial charge in [0.05, 0.1) is 10.6 Å². The summed E-state index contributed by atoms with van der Waals surface area (Å²) in [4.78, 5) is 28.1. The molecule has 0 spiro atoms. The quantitative estimate of drug-likeness (QED) is 0.381. The summed E-state index contributed by atoms with van der Waals surface area (Å²) in [7, 11) is -4.14. The van der Waals surface area contributed by atoms with Crippen molar-refractivity contribution >= 4 is 39.1 Å². The second-order valence-corrected chi connectivity index (χ2v) is 11.5. The molecule has 7 nitrogen and oxygen atoms in total. The number of nitrogens with zero attached hydrogens (tertiary/aromatic N) is 2. The summed E-state index contributed by atoms with van der Waals surface area (Å²) in [6, 6.07) is 18.1. The van der Waals surface area contributed by atoms with Gasteiger partial charge in [-0.15, -0.1) is 0 Å². The molecule has 0 aliphatic rings. The molecule has 1 atom stereocenters. The molecular formula is C29H34ClN3O4S. The molecule has 202 valence electrons.